The maximum absolute atomic E-state index is 11.7. The molecular formula is C13H12BrNO5S2. The molecule has 22 heavy (non-hydrogen) atoms. The van der Waals surface area contributed by atoms with Crippen LogP contribution in [0.4, 0.5) is 10.7 Å². The zero-order valence-electron chi connectivity index (χ0n) is 11.6. The van der Waals surface area contributed by atoms with E-state index in [2.05, 4.69) is 20.7 Å². The quantitative estimate of drug-likeness (QED) is 0.607. The first kappa shape index (κ1) is 16.9. The van der Waals surface area contributed by atoms with Crippen molar-refractivity contribution >= 4 is 55.2 Å². The molecule has 0 aliphatic carbocycles. The molecule has 0 aliphatic heterocycles. The first-order chi connectivity index (χ1) is 10.5. The monoisotopic (exact) mass is 405 g/mol. The van der Waals surface area contributed by atoms with Gasteiger partial charge in [0.1, 0.15) is 10.8 Å². The lowest BCUT2D eigenvalue weighted by Crippen LogP contribution is -2.19. The molecule has 0 saturated carbocycles. The number of nitrogens with zero attached hydrogens (tertiary/aromatic N) is 1. The van der Waals surface area contributed by atoms with Crippen LogP contribution in [0.15, 0.2) is 34.1 Å². The number of esters is 1. The summed E-state index contributed by atoms with van der Waals surface area (Å²) >= 11 is 2.32. The van der Waals surface area contributed by atoms with Crippen molar-refractivity contribution in [2.45, 2.75) is 0 Å². The number of methoxy groups -OCH3 is 2. The van der Waals surface area contributed by atoms with Gasteiger partial charge in [0.2, 0.25) is 0 Å². The number of benzene rings is 1. The van der Waals surface area contributed by atoms with E-state index in [1.807, 2.05) is 0 Å². The second-order valence-electron chi connectivity index (χ2n) is 3.98. The Kier molecular flexibility index (Phi) is 5.57. The number of carbonyl (C=O) groups excluding carboxylic acids is 1. The summed E-state index contributed by atoms with van der Waals surface area (Å²) in [4.78, 5) is 11.6. The molecule has 6 nitrogen and oxygen atoms in total. The zero-order chi connectivity index (χ0) is 16.3. The van der Waals surface area contributed by atoms with E-state index in [0.717, 1.165) is 3.79 Å². The predicted molar refractivity (Wildman–Crippen MR) is 89.3 cm³/mol. The molecule has 1 atom stereocenters. The molecule has 0 radical (unpaired) electrons. The lowest BCUT2D eigenvalue weighted by Gasteiger charge is -2.20. The van der Waals surface area contributed by atoms with Crippen molar-refractivity contribution in [2.24, 2.45) is 0 Å². The second kappa shape index (κ2) is 7.23. The summed E-state index contributed by atoms with van der Waals surface area (Å²) in [6.07, 6.45) is 0. The summed E-state index contributed by atoms with van der Waals surface area (Å²) in [5.41, 5.74) is 0.657. The molecule has 0 fully saturated rings. The Labute approximate surface area is 142 Å². The fourth-order valence-electron chi connectivity index (χ4n) is 1.78. The van der Waals surface area contributed by atoms with Crippen LogP contribution >= 0.6 is 27.3 Å². The normalized spacial score (nSPS) is 11.8. The molecule has 0 aliphatic rings. The number of anilines is 2. The number of carbonyl (C=O) groups is 1. The molecule has 2 rings (SSSR count). The maximum atomic E-state index is 11.7. The van der Waals surface area contributed by atoms with Crippen molar-refractivity contribution in [2.75, 3.05) is 18.5 Å². The van der Waals surface area contributed by atoms with E-state index in [0.29, 0.717) is 16.3 Å². The van der Waals surface area contributed by atoms with Gasteiger partial charge in [-0.3, -0.25) is 4.55 Å². The SMILES string of the molecule is COC(=O)c1ccc(N(c2ccc(Br)s2)S(=O)O)c(OC)c1. The van der Waals surface area contributed by atoms with E-state index in [4.69, 9.17) is 4.74 Å². The van der Waals surface area contributed by atoms with Crippen molar-refractivity contribution in [3.05, 3.63) is 39.7 Å². The van der Waals surface area contributed by atoms with Crippen LogP contribution < -0.4 is 9.04 Å². The Hall–Kier alpha value is -1.42. The first-order valence-electron chi connectivity index (χ1n) is 5.90. The molecule has 1 heterocycles. The summed E-state index contributed by atoms with van der Waals surface area (Å²) in [5, 5.41) is 0.553. The maximum Gasteiger partial charge on any atom is 0.337 e. The predicted octanol–water partition coefficient (Wildman–Crippen LogP) is 3.58. The van der Waals surface area contributed by atoms with Crippen LogP contribution in [0.3, 0.4) is 0 Å². The highest BCUT2D eigenvalue weighted by molar-refractivity contribution is 9.11. The largest absolute Gasteiger partial charge is 0.495 e. The molecular weight excluding hydrogens is 394 g/mol. The Morgan fingerprint density at radius 2 is 2.05 bits per heavy atom. The molecule has 0 spiro atoms. The second-order valence-corrected chi connectivity index (χ2v) is 7.25. The smallest absolute Gasteiger partial charge is 0.337 e. The molecule has 0 saturated heterocycles. The molecule has 9 heteroatoms. The third-order valence-electron chi connectivity index (χ3n) is 2.73. The highest BCUT2D eigenvalue weighted by Gasteiger charge is 2.22. The van der Waals surface area contributed by atoms with Gasteiger partial charge in [0.25, 0.3) is 11.3 Å². The lowest BCUT2D eigenvalue weighted by molar-refractivity contribution is 0.0600. The summed E-state index contributed by atoms with van der Waals surface area (Å²) in [6, 6.07) is 7.98. The van der Waals surface area contributed by atoms with E-state index in [-0.39, 0.29) is 5.75 Å². The van der Waals surface area contributed by atoms with Crippen LogP contribution in [0.2, 0.25) is 0 Å². The highest BCUT2D eigenvalue weighted by Crippen LogP contribution is 2.40. The average molecular weight is 406 g/mol. The minimum absolute atomic E-state index is 0.287. The number of hydrogen-bond acceptors (Lipinski definition) is 5. The minimum atomic E-state index is -2.30. The number of halogens is 1. The number of hydrogen-bond donors (Lipinski definition) is 1. The Morgan fingerprint density at radius 3 is 2.55 bits per heavy atom. The van der Waals surface area contributed by atoms with Crippen LogP contribution in [0.25, 0.3) is 0 Å². The van der Waals surface area contributed by atoms with E-state index in [9.17, 15) is 13.6 Å². The average Bonchev–Trinajstić information content (AvgIpc) is 2.92. The van der Waals surface area contributed by atoms with Crippen molar-refractivity contribution in [3.63, 3.8) is 0 Å². The van der Waals surface area contributed by atoms with Gasteiger partial charge in [-0.2, -0.15) is 0 Å². The summed E-state index contributed by atoms with van der Waals surface area (Å²) in [7, 11) is 2.70. The van der Waals surface area contributed by atoms with Gasteiger partial charge in [-0.15, -0.1) is 11.3 Å². The van der Waals surface area contributed by atoms with Gasteiger partial charge in [-0.25, -0.2) is 13.3 Å². The van der Waals surface area contributed by atoms with E-state index in [1.165, 1.54) is 48.1 Å². The molecule has 1 aromatic heterocycles. The highest BCUT2D eigenvalue weighted by atomic mass is 79.9. The third-order valence-corrected chi connectivity index (χ3v) is 5.17. The lowest BCUT2D eigenvalue weighted by atomic mass is 10.2. The van der Waals surface area contributed by atoms with E-state index in [1.54, 1.807) is 12.1 Å². The Bertz CT molecular complexity index is 718. The van der Waals surface area contributed by atoms with Gasteiger partial charge in [-0.1, -0.05) is 0 Å². The van der Waals surface area contributed by atoms with Gasteiger partial charge in [0, 0.05) is 0 Å². The molecule has 118 valence electrons. The van der Waals surface area contributed by atoms with Crippen LogP contribution in [0.1, 0.15) is 10.4 Å². The van der Waals surface area contributed by atoms with E-state index < -0.39 is 17.2 Å². The summed E-state index contributed by atoms with van der Waals surface area (Å²) in [6.45, 7) is 0. The van der Waals surface area contributed by atoms with Gasteiger partial charge < -0.3 is 9.47 Å². The van der Waals surface area contributed by atoms with Crippen LogP contribution in [0, 0.1) is 0 Å². The molecule has 0 bridgehead atoms. The third kappa shape index (κ3) is 3.49. The molecule has 1 unspecified atom stereocenters. The number of rotatable bonds is 5. The topological polar surface area (TPSA) is 76.1 Å². The van der Waals surface area contributed by atoms with Gasteiger partial charge in [0.15, 0.2) is 0 Å². The number of thiophene rings is 1. The van der Waals surface area contributed by atoms with Crippen LogP contribution in [0.5, 0.6) is 5.75 Å². The van der Waals surface area contributed by atoms with Gasteiger partial charge in [0.05, 0.1) is 29.3 Å². The standard InChI is InChI=1S/C13H12BrNO5S2/c1-19-10-7-8(13(16)20-2)3-4-9(10)15(22(17)18)12-6-5-11(14)21-12/h3-7H,1-2H3,(H,17,18). The fraction of sp³-hybridized carbons (Fsp3) is 0.154. The molecule has 2 aromatic rings. The van der Waals surface area contributed by atoms with Crippen molar-refractivity contribution in [1.82, 2.24) is 0 Å². The Balaban J connectivity index is 2.52. The van der Waals surface area contributed by atoms with Crippen molar-refractivity contribution in [3.8, 4) is 5.75 Å². The summed E-state index contributed by atoms with van der Waals surface area (Å²) in [5.74, 6) is -0.227. The van der Waals surface area contributed by atoms with Gasteiger partial charge >= 0.3 is 5.97 Å². The molecule has 0 amide bonds. The minimum Gasteiger partial charge on any atom is -0.495 e. The van der Waals surface area contributed by atoms with E-state index >= 15 is 0 Å². The first-order valence-corrected chi connectivity index (χ1v) is 8.58. The number of ether oxygens (including phenoxy) is 2. The van der Waals surface area contributed by atoms with Crippen molar-refractivity contribution < 1.29 is 23.0 Å². The molecule has 1 N–H and O–H groups in total. The fourth-order valence-corrected chi connectivity index (χ4v) is 3.90. The van der Waals surface area contributed by atoms with Crippen LogP contribution in [-0.4, -0.2) is 29.0 Å². The van der Waals surface area contributed by atoms with Gasteiger partial charge in [-0.05, 0) is 46.3 Å². The molecule has 1 aromatic carbocycles. The Morgan fingerprint density at radius 1 is 1.32 bits per heavy atom. The zero-order valence-corrected chi connectivity index (χ0v) is 14.8. The van der Waals surface area contributed by atoms with Crippen LogP contribution in [-0.2, 0) is 16.0 Å². The van der Waals surface area contributed by atoms with Crippen molar-refractivity contribution in [1.29, 1.82) is 0 Å². The summed E-state index contributed by atoms with van der Waals surface area (Å²) < 4.78 is 33.3.